The average Bonchev–Trinajstić information content (AvgIpc) is 2.74. The highest BCUT2D eigenvalue weighted by atomic mass is 16.8. The molecule has 0 radical (unpaired) electrons. The molecule has 0 aromatic heterocycles. The second-order valence-corrected chi connectivity index (χ2v) is 10.4. The number of fused-ring (bicyclic) bond motifs is 1. The van der Waals surface area contributed by atoms with Gasteiger partial charge in [0.15, 0.2) is 11.6 Å². The van der Waals surface area contributed by atoms with Crippen LogP contribution < -0.4 is 0 Å². The number of carbonyl (C=O) groups excluding carboxylic acids is 2. The van der Waals surface area contributed by atoms with Crippen molar-refractivity contribution in [1.82, 2.24) is 0 Å². The van der Waals surface area contributed by atoms with E-state index in [1.165, 1.54) is 6.08 Å². The standard InChI is InChI=1S/C23H34O5/c1-14(2)18(25)17-19-23(10-9-16(24)26-19,12-11-20(17,3)4)13-15-21(5,6)28-22(7,8)27-15/h9-10,14-15H,11-13H2,1-8H3/t15-,23-/m0/s1. The Labute approximate surface area is 168 Å². The van der Waals surface area contributed by atoms with E-state index in [1.807, 2.05) is 47.6 Å². The monoisotopic (exact) mass is 390 g/mol. The number of hydrogen-bond donors (Lipinski definition) is 0. The zero-order valence-electron chi connectivity index (χ0n) is 18.5. The van der Waals surface area contributed by atoms with Gasteiger partial charge in [0.1, 0.15) is 5.76 Å². The van der Waals surface area contributed by atoms with E-state index in [0.29, 0.717) is 17.8 Å². The van der Waals surface area contributed by atoms with Crippen molar-refractivity contribution in [3.63, 3.8) is 0 Å². The van der Waals surface area contributed by atoms with Gasteiger partial charge in [0, 0.05) is 17.6 Å². The molecule has 2 atom stereocenters. The highest BCUT2D eigenvalue weighted by molar-refractivity contribution is 5.99. The van der Waals surface area contributed by atoms with E-state index in [-0.39, 0.29) is 23.2 Å². The van der Waals surface area contributed by atoms with Gasteiger partial charge in [-0.05, 0) is 52.4 Å². The molecule has 3 aliphatic rings. The third-order valence-corrected chi connectivity index (χ3v) is 6.32. The van der Waals surface area contributed by atoms with E-state index in [4.69, 9.17) is 14.2 Å². The van der Waals surface area contributed by atoms with E-state index >= 15 is 0 Å². The molecule has 2 heterocycles. The topological polar surface area (TPSA) is 61.8 Å². The number of Topliss-reactive ketones (excluding diaryl/α,β-unsaturated/α-hetero) is 1. The van der Waals surface area contributed by atoms with Gasteiger partial charge in [0.25, 0.3) is 0 Å². The molecule has 5 heteroatoms. The van der Waals surface area contributed by atoms with Gasteiger partial charge >= 0.3 is 5.97 Å². The molecule has 5 nitrogen and oxygen atoms in total. The fourth-order valence-electron chi connectivity index (χ4n) is 4.83. The van der Waals surface area contributed by atoms with Crippen LogP contribution in [0, 0.1) is 16.7 Å². The minimum Gasteiger partial charge on any atom is -0.427 e. The molecule has 2 aliphatic heterocycles. The number of rotatable bonds is 4. The van der Waals surface area contributed by atoms with Gasteiger partial charge in [-0.2, -0.15) is 0 Å². The lowest BCUT2D eigenvalue weighted by molar-refractivity contribution is -0.159. The summed E-state index contributed by atoms with van der Waals surface area (Å²) in [6, 6.07) is 0. The Hall–Kier alpha value is -1.46. The summed E-state index contributed by atoms with van der Waals surface area (Å²) >= 11 is 0. The molecule has 0 amide bonds. The molecular weight excluding hydrogens is 356 g/mol. The molecular formula is C23H34O5. The quantitative estimate of drug-likeness (QED) is 0.651. The molecule has 0 bridgehead atoms. The first-order chi connectivity index (χ1) is 12.7. The van der Waals surface area contributed by atoms with E-state index in [2.05, 4.69) is 13.8 Å². The Kier molecular flexibility index (Phi) is 4.96. The van der Waals surface area contributed by atoms with Crippen molar-refractivity contribution >= 4 is 11.8 Å². The Bertz CT molecular complexity index is 753. The maximum Gasteiger partial charge on any atom is 0.335 e. The Morgan fingerprint density at radius 2 is 1.79 bits per heavy atom. The molecule has 0 spiro atoms. The highest BCUT2D eigenvalue weighted by Gasteiger charge is 2.55. The summed E-state index contributed by atoms with van der Waals surface area (Å²) < 4.78 is 18.1. The molecule has 156 valence electrons. The van der Waals surface area contributed by atoms with Crippen LogP contribution in [0.3, 0.4) is 0 Å². The van der Waals surface area contributed by atoms with Crippen LogP contribution in [0.25, 0.3) is 0 Å². The van der Waals surface area contributed by atoms with E-state index in [9.17, 15) is 9.59 Å². The van der Waals surface area contributed by atoms with Gasteiger partial charge in [-0.3, -0.25) is 4.79 Å². The third kappa shape index (κ3) is 3.59. The molecule has 0 N–H and O–H groups in total. The van der Waals surface area contributed by atoms with Crippen LogP contribution in [-0.2, 0) is 23.8 Å². The van der Waals surface area contributed by atoms with Crippen LogP contribution in [0.4, 0.5) is 0 Å². The third-order valence-electron chi connectivity index (χ3n) is 6.32. The van der Waals surface area contributed by atoms with Gasteiger partial charge in [-0.15, -0.1) is 0 Å². The molecule has 1 aliphatic carbocycles. The van der Waals surface area contributed by atoms with Gasteiger partial charge in [-0.1, -0.05) is 33.8 Å². The highest BCUT2D eigenvalue weighted by Crippen LogP contribution is 2.56. The summed E-state index contributed by atoms with van der Waals surface area (Å²) in [4.78, 5) is 25.3. The Morgan fingerprint density at radius 1 is 1.14 bits per heavy atom. The van der Waals surface area contributed by atoms with Crippen LogP contribution in [0.2, 0.25) is 0 Å². The molecule has 0 aromatic rings. The Morgan fingerprint density at radius 3 is 2.32 bits per heavy atom. The van der Waals surface area contributed by atoms with Gasteiger partial charge in [-0.25, -0.2) is 4.79 Å². The maximum atomic E-state index is 13.2. The summed E-state index contributed by atoms with van der Waals surface area (Å²) in [7, 11) is 0. The molecule has 0 unspecified atom stereocenters. The van der Waals surface area contributed by atoms with E-state index < -0.39 is 22.8 Å². The van der Waals surface area contributed by atoms with Crippen molar-refractivity contribution < 1.29 is 23.8 Å². The smallest absolute Gasteiger partial charge is 0.335 e. The van der Waals surface area contributed by atoms with Crippen LogP contribution in [0.15, 0.2) is 23.5 Å². The summed E-state index contributed by atoms with van der Waals surface area (Å²) in [6.07, 6.45) is 5.48. The lowest BCUT2D eigenvalue weighted by Crippen LogP contribution is -2.45. The second kappa shape index (κ2) is 6.53. The molecule has 1 fully saturated rings. The first kappa shape index (κ1) is 21.3. The average molecular weight is 391 g/mol. The Balaban J connectivity index is 2.11. The largest absolute Gasteiger partial charge is 0.427 e. The molecule has 3 rings (SSSR count). The zero-order valence-corrected chi connectivity index (χ0v) is 18.5. The van der Waals surface area contributed by atoms with Crippen LogP contribution in [0.1, 0.15) is 74.7 Å². The van der Waals surface area contributed by atoms with Gasteiger partial charge in [0.2, 0.25) is 0 Å². The van der Waals surface area contributed by atoms with Crippen molar-refractivity contribution in [2.75, 3.05) is 0 Å². The van der Waals surface area contributed by atoms with Gasteiger partial charge < -0.3 is 14.2 Å². The van der Waals surface area contributed by atoms with Crippen LogP contribution in [-0.4, -0.2) is 29.2 Å². The van der Waals surface area contributed by atoms with Crippen molar-refractivity contribution in [1.29, 1.82) is 0 Å². The minimum atomic E-state index is -0.672. The molecule has 0 aromatic carbocycles. The molecule has 28 heavy (non-hydrogen) atoms. The normalized spacial score (nSPS) is 33.0. The van der Waals surface area contributed by atoms with Crippen LogP contribution >= 0.6 is 0 Å². The maximum absolute atomic E-state index is 13.2. The molecule has 0 saturated carbocycles. The fraction of sp³-hybridized carbons (Fsp3) is 0.739. The molecule has 1 saturated heterocycles. The summed E-state index contributed by atoms with van der Waals surface area (Å²) in [5, 5.41) is 0. The lowest BCUT2D eigenvalue weighted by atomic mass is 9.60. The van der Waals surface area contributed by atoms with Gasteiger partial charge in [0.05, 0.1) is 17.1 Å². The minimum absolute atomic E-state index is 0.0513. The zero-order chi connectivity index (χ0) is 21.1. The summed E-state index contributed by atoms with van der Waals surface area (Å²) in [5.41, 5.74) is -0.696. The summed E-state index contributed by atoms with van der Waals surface area (Å²) in [5.74, 6) is -0.674. The van der Waals surface area contributed by atoms with Crippen molar-refractivity contribution in [2.24, 2.45) is 16.7 Å². The van der Waals surface area contributed by atoms with Crippen molar-refractivity contribution in [3.05, 3.63) is 23.5 Å². The predicted molar refractivity (Wildman–Crippen MR) is 106 cm³/mol. The SMILES string of the molecule is CC(C)C(=O)C1=C2OC(=O)C=C[C@@]2(C[C@@H]2OC(C)(C)OC2(C)C)CCC1(C)C. The number of ketones is 1. The predicted octanol–water partition coefficient (Wildman–Crippen LogP) is 4.71. The van der Waals surface area contributed by atoms with Crippen molar-refractivity contribution in [3.8, 4) is 0 Å². The lowest BCUT2D eigenvalue weighted by Gasteiger charge is -2.47. The summed E-state index contributed by atoms with van der Waals surface area (Å²) in [6.45, 7) is 15.8. The first-order valence-electron chi connectivity index (χ1n) is 10.3. The number of hydrogen-bond acceptors (Lipinski definition) is 5. The van der Waals surface area contributed by atoms with E-state index in [0.717, 1.165) is 12.8 Å². The van der Waals surface area contributed by atoms with Crippen molar-refractivity contribution in [2.45, 2.75) is 92.1 Å². The number of allylic oxidation sites excluding steroid dienone is 2. The second-order valence-electron chi connectivity index (χ2n) is 10.4. The van der Waals surface area contributed by atoms with E-state index in [1.54, 1.807) is 0 Å². The number of ether oxygens (including phenoxy) is 3. The number of esters is 1. The fourth-order valence-corrected chi connectivity index (χ4v) is 4.83. The number of carbonyl (C=O) groups is 2. The van der Waals surface area contributed by atoms with Crippen LogP contribution in [0.5, 0.6) is 0 Å². The first-order valence-corrected chi connectivity index (χ1v) is 10.3.